The third kappa shape index (κ3) is 2.64. The van der Waals surface area contributed by atoms with Crippen molar-refractivity contribution in [2.75, 3.05) is 7.11 Å². The second kappa shape index (κ2) is 4.04. The standard InChI is InChI=1S/C9H9ClO/c1-11-7-6-8-2-4-9(10)5-3-8/h2-7H,1H3/b7-6-. The summed E-state index contributed by atoms with van der Waals surface area (Å²) in [6.07, 6.45) is 3.50. The van der Waals surface area contributed by atoms with Crippen LogP contribution >= 0.6 is 11.6 Å². The Labute approximate surface area is 71.3 Å². The van der Waals surface area contributed by atoms with Crippen LogP contribution in [-0.4, -0.2) is 7.11 Å². The Balaban J connectivity index is 2.73. The van der Waals surface area contributed by atoms with Gasteiger partial charge in [0.2, 0.25) is 0 Å². The minimum atomic E-state index is 0.750. The summed E-state index contributed by atoms with van der Waals surface area (Å²) in [4.78, 5) is 0. The van der Waals surface area contributed by atoms with Crippen LogP contribution in [0.25, 0.3) is 6.08 Å². The Bertz CT molecular complexity index is 238. The van der Waals surface area contributed by atoms with E-state index < -0.39 is 0 Å². The van der Waals surface area contributed by atoms with Crippen molar-refractivity contribution in [2.24, 2.45) is 0 Å². The summed E-state index contributed by atoms with van der Waals surface area (Å²) in [6, 6.07) is 7.55. The average Bonchev–Trinajstić information content (AvgIpc) is 2.04. The molecule has 0 aliphatic rings. The maximum absolute atomic E-state index is 5.69. The zero-order chi connectivity index (χ0) is 8.10. The van der Waals surface area contributed by atoms with Gasteiger partial charge in [0.05, 0.1) is 13.4 Å². The molecule has 0 saturated heterocycles. The average molecular weight is 169 g/mol. The molecular formula is C9H9ClO. The van der Waals surface area contributed by atoms with Crippen LogP contribution in [0.1, 0.15) is 5.56 Å². The quantitative estimate of drug-likeness (QED) is 0.617. The van der Waals surface area contributed by atoms with Gasteiger partial charge in [-0.3, -0.25) is 0 Å². The van der Waals surface area contributed by atoms with Crippen molar-refractivity contribution in [1.29, 1.82) is 0 Å². The Morgan fingerprint density at radius 1 is 1.27 bits per heavy atom. The van der Waals surface area contributed by atoms with Crippen LogP contribution < -0.4 is 0 Å². The van der Waals surface area contributed by atoms with E-state index in [9.17, 15) is 0 Å². The van der Waals surface area contributed by atoms with Gasteiger partial charge in [-0.25, -0.2) is 0 Å². The van der Waals surface area contributed by atoms with Crippen LogP contribution in [0.5, 0.6) is 0 Å². The summed E-state index contributed by atoms with van der Waals surface area (Å²) in [5.74, 6) is 0. The molecule has 1 nitrogen and oxygen atoms in total. The maximum Gasteiger partial charge on any atom is 0.0830 e. The lowest BCUT2D eigenvalue weighted by atomic mass is 10.2. The molecular weight excluding hydrogens is 160 g/mol. The van der Waals surface area contributed by atoms with Crippen LogP contribution in [-0.2, 0) is 4.74 Å². The molecule has 1 aromatic rings. The Morgan fingerprint density at radius 2 is 1.91 bits per heavy atom. The highest BCUT2D eigenvalue weighted by Crippen LogP contribution is 2.10. The second-order valence-electron chi connectivity index (χ2n) is 2.09. The number of benzene rings is 1. The van der Waals surface area contributed by atoms with E-state index in [0.717, 1.165) is 10.6 Å². The predicted octanol–water partition coefficient (Wildman–Crippen LogP) is 2.96. The lowest BCUT2D eigenvalue weighted by Crippen LogP contribution is -1.71. The number of rotatable bonds is 2. The zero-order valence-corrected chi connectivity index (χ0v) is 7.01. The van der Waals surface area contributed by atoms with Gasteiger partial charge in [0.1, 0.15) is 0 Å². The molecule has 1 aromatic carbocycles. The highest BCUT2D eigenvalue weighted by atomic mass is 35.5. The van der Waals surface area contributed by atoms with Gasteiger partial charge in [-0.05, 0) is 23.8 Å². The van der Waals surface area contributed by atoms with Crippen LogP contribution in [0.4, 0.5) is 0 Å². The smallest absolute Gasteiger partial charge is 0.0830 e. The first-order valence-electron chi connectivity index (χ1n) is 3.28. The fourth-order valence-electron chi connectivity index (χ4n) is 0.721. The first kappa shape index (κ1) is 8.15. The number of halogens is 1. The Hall–Kier alpha value is -0.950. The van der Waals surface area contributed by atoms with Gasteiger partial charge < -0.3 is 4.74 Å². The topological polar surface area (TPSA) is 9.23 Å². The SMILES string of the molecule is CO/C=C\c1ccc(Cl)cc1. The van der Waals surface area contributed by atoms with Crippen LogP contribution in [0.15, 0.2) is 30.5 Å². The molecule has 2 heteroatoms. The molecule has 0 aromatic heterocycles. The monoisotopic (exact) mass is 168 g/mol. The number of methoxy groups -OCH3 is 1. The minimum absolute atomic E-state index is 0.750. The van der Waals surface area contributed by atoms with Gasteiger partial charge in [0.25, 0.3) is 0 Å². The summed E-state index contributed by atoms with van der Waals surface area (Å²) < 4.78 is 4.76. The van der Waals surface area contributed by atoms with E-state index in [2.05, 4.69) is 0 Å². The molecule has 0 fully saturated rings. The van der Waals surface area contributed by atoms with E-state index >= 15 is 0 Å². The van der Waals surface area contributed by atoms with E-state index in [1.54, 1.807) is 13.4 Å². The van der Waals surface area contributed by atoms with Crippen molar-refractivity contribution in [1.82, 2.24) is 0 Å². The number of ether oxygens (including phenoxy) is 1. The second-order valence-corrected chi connectivity index (χ2v) is 2.53. The van der Waals surface area contributed by atoms with Gasteiger partial charge in [-0.15, -0.1) is 0 Å². The third-order valence-corrected chi connectivity index (χ3v) is 1.52. The van der Waals surface area contributed by atoms with Crippen molar-refractivity contribution >= 4 is 17.7 Å². The van der Waals surface area contributed by atoms with Crippen LogP contribution in [0.2, 0.25) is 5.02 Å². The predicted molar refractivity (Wildman–Crippen MR) is 47.5 cm³/mol. The molecule has 0 radical (unpaired) electrons. The fourth-order valence-corrected chi connectivity index (χ4v) is 0.846. The van der Waals surface area contributed by atoms with E-state index in [4.69, 9.17) is 16.3 Å². The molecule has 0 spiro atoms. The van der Waals surface area contributed by atoms with E-state index in [-0.39, 0.29) is 0 Å². The van der Waals surface area contributed by atoms with Crippen molar-refractivity contribution in [3.63, 3.8) is 0 Å². The molecule has 0 unspecified atom stereocenters. The van der Waals surface area contributed by atoms with Crippen molar-refractivity contribution in [2.45, 2.75) is 0 Å². The van der Waals surface area contributed by atoms with E-state index in [1.807, 2.05) is 30.3 Å². The van der Waals surface area contributed by atoms with Gasteiger partial charge in [0, 0.05) is 5.02 Å². The lowest BCUT2D eigenvalue weighted by Gasteiger charge is -1.92. The molecule has 0 amide bonds. The summed E-state index contributed by atoms with van der Waals surface area (Å²) >= 11 is 5.69. The zero-order valence-electron chi connectivity index (χ0n) is 6.25. The van der Waals surface area contributed by atoms with Crippen LogP contribution in [0, 0.1) is 0 Å². The summed E-state index contributed by atoms with van der Waals surface area (Å²) in [6.45, 7) is 0. The largest absolute Gasteiger partial charge is 0.504 e. The molecule has 0 heterocycles. The molecule has 0 bridgehead atoms. The van der Waals surface area contributed by atoms with E-state index in [0.29, 0.717) is 0 Å². The normalized spacial score (nSPS) is 10.4. The van der Waals surface area contributed by atoms with Gasteiger partial charge >= 0.3 is 0 Å². The molecule has 0 atom stereocenters. The van der Waals surface area contributed by atoms with Crippen molar-refractivity contribution in [3.8, 4) is 0 Å². The molecule has 58 valence electrons. The molecule has 1 rings (SSSR count). The number of hydrogen-bond acceptors (Lipinski definition) is 1. The maximum atomic E-state index is 5.69. The highest BCUT2D eigenvalue weighted by molar-refractivity contribution is 6.30. The fraction of sp³-hybridized carbons (Fsp3) is 0.111. The summed E-state index contributed by atoms with van der Waals surface area (Å²) in [5.41, 5.74) is 1.08. The Kier molecular flexibility index (Phi) is 2.99. The van der Waals surface area contributed by atoms with Crippen LogP contribution in [0.3, 0.4) is 0 Å². The van der Waals surface area contributed by atoms with Gasteiger partial charge in [-0.2, -0.15) is 0 Å². The lowest BCUT2D eigenvalue weighted by molar-refractivity contribution is 0.341. The molecule has 11 heavy (non-hydrogen) atoms. The van der Waals surface area contributed by atoms with Gasteiger partial charge in [-0.1, -0.05) is 23.7 Å². The third-order valence-electron chi connectivity index (χ3n) is 1.27. The summed E-state index contributed by atoms with van der Waals surface area (Å²) in [7, 11) is 1.62. The molecule has 0 aliphatic heterocycles. The molecule has 0 N–H and O–H groups in total. The first-order valence-corrected chi connectivity index (χ1v) is 3.65. The Morgan fingerprint density at radius 3 is 2.45 bits per heavy atom. The van der Waals surface area contributed by atoms with Crippen molar-refractivity contribution in [3.05, 3.63) is 41.1 Å². The van der Waals surface area contributed by atoms with E-state index in [1.165, 1.54) is 0 Å². The number of hydrogen-bond donors (Lipinski definition) is 0. The minimum Gasteiger partial charge on any atom is -0.504 e. The molecule has 0 aliphatic carbocycles. The van der Waals surface area contributed by atoms with Gasteiger partial charge in [0.15, 0.2) is 0 Å². The molecule has 0 saturated carbocycles. The first-order chi connectivity index (χ1) is 5.33. The summed E-state index contributed by atoms with van der Waals surface area (Å²) in [5, 5.41) is 0.750. The van der Waals surface area contributed by atoms with Crippen molar-refractivity contribution < 1.29 is 4.74 Å². The highest BCUT2D eigenvalue weighted by Gasteiger charge is 1.85.